The van der Waals surface area contributed by atoms with Crippen LogP contribution in [0.2, 0.25) is 0 Å². The summed E-state index contributed by atoms with van der Waals surface area (Å²) >= 11 is 0. The first-order valence-corrected chi connectivity index (χ1v) is 6.03. The number of carboxylic acid groups (broad SMARTS) is 1. The van der Waals surface area contributed by atoms with Crippen LogP contribution < -0.4 is 0 Å². The number of rotatable bonds is 4. The van der Waals surface area contributed by atoms with Gasteiger partial charge in [-0.1, -0.05) is 0 Å². The molecule has 1 aromatic rings. The molecule has 18 heavy (non-hydrogen) atoms. The smallest absolute Gasteiger partial charge is 0.326 e. The van der Waals surface area contributed by atoms with E-state index in [4.69, 9.17) is 5.11 Å². The molecule has 1 saturated heterocycles. The Kier molecular flexibility index (Phi) is 3.91. The number of hydrogen-bond acceptors (Lipinski definition) is 4. The minimum atomic E-state index is -0.913. The van der Waals surface area contributed by atoms with Crippen LogP contribution in [0.5, 0.6) is 0 Å². The van der Waals surface area contributed by atoms with Gasteiger partial charge in [0, 0.05) is 13.0 Å². The summed E-state index contributed by atoms with van der Waals surface area (Å²) in [6.07, 6.45) is 5.49. The second-order valence-electron chi connectivity index (χ2n) is 4.35. The van der Waals surface area contributed by atoms with Crippen molar-refractivity contribution in [2.45, 2.75) is 38.3 Å². The van der Waals surface area contributed by atoms with Crippen LogP contribution in [0.15, 0.2) is 12.7 Å². The van der Waals surface area contributed by atoms with E-state index in [2.05, 4.69) is 10.1 Å². The summed E-state index contributed by atoms with van der Waals surface area (Å²) in [5.41, 5.74) is 0. The van der Waals surface area contributed by atoms with Crippen LogP contribution in [0.3, 0.4) is 0 Å². The van der Waals surface area contributed by atoms with Crippen LogP contribution in [0.1, 0.15) is 25.7 Å². The van der Waals surface area contributed by atoms with Gasteiger partial charge >= 0.3 is 5.97 Å². The highest BCUT2D eigenvalue weighted by atomic mass is 16.4. The van der Waals surface area contributed by atoms with Crippen molar-refractivity contribution in [3.63, 3.8) is 0 Å². The molecular formula is C11H16N4O3. The van der Waals surface area contributed by atoms with Crippen molar-refractivity contribution in [1.82, 2.24) is 19.7 Å². The second kappa shape index (κ2) is 5.61. The molecule has 1 aliphatic rings. The van der Waals surface area contributed by atoms with Crippen molar-refractivity contribution in [1.29, 1.82) is 0 Å². The zero-order chi connectivity index (χ0) is 13.0. The van der Waals surface area contributed by atoms with Crippen molar-refractivity contribution < 1.29 is 14.7 Å². The molecule has 2 heterocycles. The molecule has 1 unspecified atom stereocenters. The first-order chi connectivity index (χ1) is 8.68. The monoisotopic (exact) mass is 252 g/mol. The van der Waals surface area contributed by atoms with E-state index in [1.165, 1.54) is 17.6 Å². The highest BCUT2D eigenvalue weighted by Gasteiger charge is 2.31. The average Bonchev–Trinajstić information content (AvgIpc) is 2.89. The topological polar surface area (TPSA) is 88.3 Å². The largest absolute Gasteiger partial charge is 0.480 e. The Morgan fingerprint density at radius 1 is 1.39 bits per heavy atom. The number of aliphatic carboxylic acids is 1. The van der Waals surface area contributed by atoms with Gasteiger partial charge in [0.1, 0.15) is 18.7 Å². The maximum absolute atomic E-state index is 12.0. The number of carbonyl (C=O) groups is 2. The third-order valence-corrected chi connectivity index (χ3v) is 3.13. The van der Waals surface area contributed by atoms with Crippen molar-refractivity contribution in [2.24, 2.45) is 0 Å². The van der Waals surface area contributed by atoms with Crippen LogP contribution in [-0.4, -0.2) is 49.2 Å². The lowest BCUT2D eigenvalue weighted by Gasteiger charge is -2.33. The Morgan fingerprint density at radius 3 is 2.89 bits per heavy atom. The molecule has 0 saturated carbocycles. The number of nitrogens with zero attached hydrogens (tertiary/aromatic N) is 4. The first kappa shape index (κ1) is 12.5. The van der Waals surface area contributed by atoms with E-state index >= 15 is 0 Å². The highest BCUT2D eigenvalue weighted by molar-refractivity contribution is 5.83. The predicted molar refractivity (Wildman–Crippen MR) is 61.6 cm³/mol. The average molecular weight is 252 g/mol. The van der Waals surface area contributed by atoms with E-state index in [0.29, 0.717) is 19.5 Å². The molecule has 1 aliphatic heterocycles. The van der Waals surface area contributed by atoms with Gasteiger partial charge in [-0.25, -0.2) is 9.78 Å². The number of aryl methyl sites for hydroxylation is 1. The molecule has 0 aliphatic carbocycles. The SMILES string of the molecule is O=C(O)C1CCCCN1C(=O)CCn1cncn1. The van der Waals surface area contributed by atoms with Crippen LogP contribution in [-0.2, 0) is 16.1 Å². The van der Waals surface area contributed by atoms with Crippen molar-refractivity contribution in [3.8, 4) is 0 Å². The molecule has 0 spiro atoms. The van der Waals surface area contributed by atoms with Gasteiger partial charge in [0.05, 0.1) is 6.54 Å². The number of amides is 1. The minimum absolute atomic E-state index is 0.127. The van der Waals surface area contributed by atoms with Gasteiger partial charge in [-0.15, -0.1) is 0 Å². The van der Waals surface area contributed by atoms with E-state index < -0.39 is 12.0 Å². The number of carboxylic acids is 1. The number of carbonyl (C=O) groups excluding carboxylic acids is 1. The third-order valence-electron chi connectivity index (χ3n) is 3.13. The number of likely N-dealkylation sites (tertiary alicyclic amines) is 1. The molecule has 1 fully saturated rings. The molecule has 1 amide bonds. The second-order valence-corrected chi connectivity index (χ2v) is 4.35. The fourth-order valence-electron chi connectivity index (χ4n) is 2.19. The molecule has 7 nitrogen and oxygen atoms in total. The molecule has 7 heteroatoms. The van der Waals surface area contributed by atoms with E-state index in [0.717, 1.165) is 12.8 Å². The Hall–Kier alpha value is -1.92. The van der Waals surface area contributed by atoms with E-state index in [1.807, 2.05) is 0 Å². The lowest BCUT2D eigenvalue weighted by molar-refractivity contribution is -0.152. The summed E-state index contributed by atoms with van der Waals surface area (Å²) in [6.45, 7) is 0.967. The Labute approximate surface area is 104 Å². The maximum atomic E-state index is 12.0. The van der Waals surface area contributed by atoms with E-state index in [9.17, 15) is 9.59 Å². The normalized spacial score (nSPS) is 19.8. The van der Waals surface area contributed by atoms with Gasteiger partial charge in [0.2, 0.25) is 5.91 Å². The molecule has 1 N–H and O–H groups in total. The zero-order valence-electron chi connectivity index (χ0n) is 10.0. The predicted octanol–water partition coefficient (Wildman–Crippen LogP) is 0.134. The third kappa shape index (κ3) is 2.85. The fraction of sp³-hybridized carbons (Fsp3) is 0.636. The maximum Gasteiger partial charge on any atom is 0.326 e. The number of hydrogen-bond donors (Lipinski definition) is 1. The van der Waals surface area contributed by atoms with Gasteiger partial charge in [-0.2, -0.15) is 5.10 Å². The molecule has 98 valence electrons. The molecule has 2 rings (SSSR count). The summed E-state index contributed by atoms with van der Waals surface area (Å²) in [5, 5.41) is 13.0. The van der Waals surface area contributed by atoms with Gasteiger partial charge in [-0.3, -0.25) is 9.48 Å². The van der Waals surface area contributed by atoms with E-state index in [1.54, 1.807) is 4.68 Å². The Morgan fingerprint density at radius 2 is 2.22 bits per heavy atom. The highest BCUT2D eigenvalue weighted by Crippen LogP contribution is 2.18. The van der Waals surface area contributed by atoms with E-state index in [-0.39, 0.29) is 12.3 Å². The number of piperidine rings is 1. The lowest BCUT2D eigenvalue weighted by atomic mass is 10.0. The standard InChI is InChI=1S/C11H16N4O3/c16-10(4-6-14-8-12-7-13-14)15-5-2-1-3-9(15)11(17)18/h7-9H,1-6H2,(H,17,18). The Balaban J connectivity index is 1.92. The van der Waals surface area contributed by atoms with Crippen molar-refractivity contribution in [2.75, 3.05) is 6.54 Å². The molecule has 0 radical (unpaired) electrons. The molecule has 1 aromatic heterocycles. The molecule has 1 atom stereocenters. The summed E-state index contributed by atoms with van der Waals surface area (Å²) in [4.78, 5) is 28.4. The first-order valence-electron chi connectivity index (χ1n) is 6.03. The van der Waals surface area contributed by atoms with Gasteiger partial charge in [-0.05, 0) is 19.3 Å². The molecule has 0 aromatic carbocycles. The van der Waals surface area contributed by atoms with Gasteiger partial charge < -0.3 is 10.0 Å². The lowest BCUT2D eigenvalue weighted by Crippen LogP contribution is -2.48. The number of aromatic nitrogens is 3. The van der Waals surface area contributed by atoms with Crippen LogP contribution in [0.4, 0.5) is 0 Å². The van der Waals surface area contributed by atoms with Gasteiger partial charge in [0.25, 0.3) is 0 Å². The zero-order valence-corrected chi connectivity index (χ0v) is 10.0. The van der Waals surface area contributed by atoms with Gasteiger partial charge in [0.15, 0.2) is 0 Å². The van der Waals surface area contributed by atoms with Crippen LogP contribution in [0.25, 0.3) is 0 Å². The summed E-state index contributed by atoms with van der Waals surface area (Å²) in [6, 6.07) is -0.665. The van der Waals surface area contributed by atoms with Crippen molar-refractivity contribution >= 4 is 11.9 Å². The minimum Gasteiger partial charge on any atom is -0.480 e. The molecular weight excluding hydrogens is 236 g/mol. The molecule has 0 bridgehead atoms. The summed E-state index contributed by atoms with van der Waals surface area (Å²) in [7, 11) is 0. The Bertz CT molecular complexity index is 418. The quantitative estimate of drug-likeness (QED) is 0.823. The summed E-state index contributed by atoms with van der Waals surface area (Å²) in [5.74, 6) is -1.04. The van der Waals surface area contributed by atoms with Crippen molar-refractivity contribution in [3.05, 3.63) is 12.7 Å². The fourth-order valence-corrected chi connectivity index (χ4v) is 2.19. The summed E-state index contributed by atoms with van der Waals surface area (Å²) < 4.78 is 1.57. The van der Waals surface area contributed by atoms with Crippen LogP contribution in [0, 0.1) is 0 Å². The van der Waals surface area contributed by atoms with Crippen LogP contribution >= 0.6 is 0 Å².